The Labute approximate surface area is 112 Å². The Morgan fingerprint density at radius 1 is 1.53 bits per heavy atom. The van der Waals surface area contributed by atoms with Gasteiger partial charge in [-0.05, 0) is 32.4 Å². The highest BCUT2D eigenvalue weighted by atomic mass is 16.5. The van der Waals surface area contributed by atoms with E-state index < -0.39 is 6.10 Å². The average Bonchev–Trinajstić information content (AvgIpc) is 2.39. The van der Waals surface area contributed by atoms with Crippen LogP contribution in [0.5, 0.6) is 5.75 Å². The van der Waals surface area contributed by atoms with E-state index in [1.54, 1.807) is 25.1 Å². The van der Waals surface area contributed by atoms with Crippen LogP contribution in [0.1, 0.15) is 37.6 Å². The summed E-state index contributed by atoms with van der Waals surface area (Å²) < 4.78 is 5.54. The van der Waals surface area contributed by atoms with E-state index in [1.807, 2.05) is 13.8 Å². The number of hydrogen-bond acceptors (Lipinski definition) is 3. The van der Waals surface area contributed by atoms with E-state index in [0.717, 1.165) is 6.42 Å². The predicted octanol–water partition coefficient (Wildman–Crippen LogP) is 1.93. The first-order chi connectivity index (χ1) is 9.02. The number of ether oxygens (including phenoxy) is 1. The summed E-state index contributed by atoms with van der Waals surface area (Å²) in [4.78, 5) is 23.7. The molecule has 2 atom stereocenters. The van der Waals surface area contributed by atoms with Gasteiger partial charge in [-0.25, -0.2) is 0 Å². The second-order valence-electron chi connectivity index (χ2n) is 4.71. The van der Waals surface area contributed by atoms with Gasteiger partial charge >= 0.3 is 0 Å². The van der Waals surface area contributed by atoms with Crippen LogP contribution in [0.4, 0.5) is 5.69 Å². The molecule has 5 heteroatoms. The van der Waals surface area contributed by atoms with Crippen molar-refractivity contribution < 1.29 is 14.3 Å². The van der Waals surface area contributed by atoms with Crippen molar-refractivity contribution in [3.05, 3.63) is 23.8 Å². The van der Waals surface area contributed by atoms with Crippen LogP contribution in [0, 0.1) is 0 Å². The monoisotopic (exact) mass is 262 g/mol. The third kappa shape index (κ3) is 2.70. The minimum atomic E-state index is -0.593. The average molecular weight is 262 g/mol. The lowest BCUT2D eigenvalue weighted by atomic mass is 10.1. The van der Waals surface area contributed by atoms with Crippen molar-refractivity contribution in [1.29, 1.82) is 0 Å². The van der Waals surface area contributed by atoms with E-state index in [9.17, 15) is 9.59 Å². The van der Waals surface area contributed by atoms with Gasteiger partial charge in [0, 0.05) is 6.04 Å². The second-order valence-corrected chi connectivity index (χ2v) is 4.71. The number of carbonyl (C=O) groups is 2. The van der Waals surface area contributed by atoms with Crippen LogP contribution in [-0.4, -0.2) is 24.0 Å². The quantitative estimate of drug-likeness (QED) is 0.874. The molecule has 0 radical (unpaired) electrons. The Morgan fingerprint density at radius 2 is 2.26 bits per heavy atom. The summed E-state index contributed by atoms with van der Waals surface area (Å²) in [6.45, 7) is 5.60. The van der Waals surface area contributed by atoms with Crippen molar-refractivity contribution in [3.63, 3.8) is 0 Å². The Hall–Kier alpha value is -2.04. The number of rotatable bonds is 3. The molecule has 0 bridgehead atoms. The Bertz CT molecular complexity index is 513. The molecule has 0 spiro atoms. The molecule has 2 N–H and O–H groups in total. The Kier molecular flexibility index (Phi) is 3.74. The van der Waals surface area contributed by atoms with Crippen molar-refractivity contribution in [3.8, 4) is 5.75 Å². The van der Waals surface area contributed by atoms with Gasteiger partial charge in [0.15, 0.2) is 11.9 Å². The fourth-order valence-corrected chi connectivity index (χ4v) is 1.81. The molecule has 2 amide bonds. The van der Waals surface area contributed by atoms with Gasteiger partial charge in [0.1, 0.15) is 0 Å². The number of para-hydroxylation sites is 1. The third-order valence-corrected chi connectivity index (χ3v) is 3.17. The van der Waals surface area contributed by atoms with E-state index in [4.69, 9.17) is 4.74 Å². The fourth-order valence-electron chi connectivity index (χ4n) is 1.81. The first-order valence-corrected chi connectivity index (χ1v) is 6.44. The molecule has 1 heterocycles. The summed E-state index contributed by atoms with van der Waals surface area (Å²) in [6.07, 6.45) is 0.263. The van der Waals surface area contributed by atoms with E-state index >= 15 is 0 Å². The summed E-state index contributed by atoms with van der Waals surface area (Å²) >= 11 is 0. The minimum Gasteiger partial charge on any atom is -0.478 e. The summed E-state index contributed by atoms with van der Waals surface area (Å²) in [5.74, 6) is 0.0527. The molecule has 19 heavy (non-hydrogen) atoms. The first kappa shape index (κ1) is 13.4. The summed E-state index contributed by atoms with van der Waals surface area (Å²) in [5.41, 5.74) is 0.990. The van der Waals surface area contributed by atoms with Crippen LogP contribution in [0.15, 0.2) is 18.2 Å². The third-order valence-electron chi connectivity index (χ3n) is 3.17. The van der Waals surface area contributed by atoms with Gasteiger partial charge in [-0.1, -0.05) is 13.0 Å². The van der Waals surface area contributed by atoms with Crippen molar-refractivity contribution in [2.75, 3.05) is 5.32 Å². The fraction of sp³-hybridized carbons (Fsp3) is 0.429. The maximum Gasteiger partial charge on any atom is 0.265 e. The molecule has 2 rings (SSSR count). The molecule has 1 aromatic carbocycles. The zero-order chi connectivity index (χ0) is 14.0. The molecular formula is C14H18N2O3. The Morgan fingerprint density at radius 3 is 2.95 bits per heavy atom. The summed E-state index contributed by atoms with van der Waals surface area (Å²) in [5, 5.41) is 5.62. The van der Waals surface area contributed by atoms with E-state index in [1.165, 1.54) is 0 Å². The van der Waals surface area contributed by atoms with E-state index in [-0.39, 0.29) is 17.9 Å². The largest absolute Gasteiger partial charge is 0.478 e. The molecule has 0 saturated carbocycles. The number of hydrogen-bond donors (Lipinski definition) is 2. The van der Waals surface area contributed by atoms with E-state index in [2.05, 4.69) is 10.6 Å². The number of fused-ring (bicyclic) bond motifs is 1. The highest BCUT2D eigenvalue weighted by molar-refractivity contribution is 6.04. The van der Waals surface area contributed by atoms with Gasteiger partial charge in [0.05, 0.1) is 11.3 Å². The summed E-state index contributed by atoms with van der Waals surface area (Å²) in [7, 11) is 0. The van der Waals surface area contributed by atoms with Crippen LogP contribution >= 0.6 is 0 Å². The molecule has 0 aromatic heterocycles. The van der Waals surface area contributed by atoms with Crippen LogP contribution < -0.4 is 15.4 Å². The standard InChI is InChI=1S/C14H18N2O3/c1-4-8(2)15-14(18)10-6-5-7-11-12(10)19-9(3)13(17)16-11/h5-9H,4H2,1-3H3,(H,15,18)(H,16,17). The smallest absolute Gasteiger partial charge is 0.265 e. The highest BCUT2D eigenvalue weighted by Gasteiger charge is 2.27. The van der Waals surface area contributed by atoms with Gasteiger partial charge in [0.25, 0.3) is 11.8 Å². The maximum absolute atomic E-state index is 12.2. The van der Waals surface area contributed by atoms with Gasteiger partial charge in [0.2, 0.25) is 0 Å². The van der Waals surface area contributed by atoms with Gasteiger partial charge in [-0.15, -0.1) is 0 Å². The molecule has 0 saturated heterocycles. The zero-order valence-electron chi connectivity index (χ0n) is 11.3. The molecule has 1 aliphatic rings. The predicted molar refractivity (Wildman–Crippen MR) is 72.4 cm³/mol. The maximum atomic E-state index is 12.2. The van der Waals surface area contributed by atoms with E-state index in [0.29, 0.717) is 17.0 Å². The van der Waals surface area contributed by atoms with Crippen LogP contribution in [-0.2, 0) is 4.79 Å². The SMILES string of the molecule is CCC(C)NC(=O)c1cccc2c1OC(C)C(=O)N2. The molecule has 102 valence electrons. The van der Waals surface area contributed by atoms with Gasteiger partial charge in [-0.3, -0.25) is 9.59 Å². The topological polar surface area (TPSA) is 67.4 Å². The number of nitrogens with one attached hydrogen (secondary N) is 2. The van der Waals surface area contributed by atoms with Crippen LogP contribution in [0.2, 0.25) is 0 Å². The van der Waals surface area contributed by atoms with Crippen LogP contribution in [0.25, 0.3) is 0 Å². The van der Waals surface area contributed by atoms with Gasteiger partial charge < -0.3 is 15.4 Å². The van der Waals surface area contributed by atoms with Crippen molar-refractivity contribution in [2.45, 2.75) is 39.3 Å². The lowest BCUT2D eigenvalue weighted by molar-refractivity contribution is -0.122. The number of benzene rings is 1. The first-order valence-electron chi connectivity index (χ1n) is 6.44. The molecule has 0 aliphatic carbocycles. The number of anilines is 1. The Balaban J connectivity index is 2.30. The lowest BCUT2D eigenvalue weighted by Crippen LogP contribution is -2.37. The highest BCUT2D eigenvalue weighted by Crippen LogP contribution is 2.33. The zero-order valence-corrected chi connectivity index (χ0v) is 11.3. The molecule has 1 aliphatic heterocycles. The summed E-state index contributed by atoms with van der Waals surface area (Å²) in [6, 6.07) is 5.24. The normalized spacial score (nSPS) is 18.9. The second kappa shape index (κ2) is 5.30. The molecule has 0 fully saturated rings. The van der Waals surface area contributed by atoms with Crippen LogP contribution in [0.3, 0.4) is 0 Å². The number of carbonyl (C=O) groups excluding carboxylic acids is 2. The molecule has 5 nitrogen and oxygen atoms in total. The molecule has 1 aromatic rings. The van der Waals surface area contributed by atoms with Gasteiger partial charge in [-0.2, -0.15) is 0 Å². The van der Waals surface area contributed by atoms with Crippen molar-refractivity contribution in [1.82, 2.24) is 5.32 Å². The number of amides is 2. The molecular weight excluding hydrogens is 244 g/mol. The van der Waals surface area contributed by atoms with Crippen molar-refractivity contribution >= 4 is 17.5 Å². The molecule has 2 unspecified atom stereocenters. The van der Waals surface area contributed by atoms with Crippen molar-refractivity contribution in [2.24, 2.45) is 0 Å². The lowest BCUT2D eigenvalue weighted by Gasteiger charge is -2.25. The minimum absolute atomic E-state index is 0.0963.